The molecule has 2 aliphatic rings. The highest BCUT2D eigenvalue weighted by Crippen LogP contribution is 2.32. The molecule has 0 spiro atoms. The number of hydrogen-bond donors (Lipinski definition) is 4. The number of nitrogens with zero attached hydrogens (tertiary/aromatic N) is 5. The molecule has 34 heavy (non-hydrogen) atoms. The number of aliphatic hydroxyl groups is 1. The van der Waals surface area contributed by atoms with E-state index in [0.29, 0.717) is 28.8 Å². The highest BCUT2D eigenvalue weighted by Gasteiger charge is 2.29. The number of aromatic nitrogens is 5. The van der Waals surface area contributed by atoms with Crippen LogP contribution < -0.4 is 15.5 Å². The van der Waals surface area contributed by atoms with Gasteiger partial charge in [-0.1, -0.05) is 0 Å². The number of H-pyrrole nitrogens is 1. The lowest BCUT2D eigenvalue weighted by atomic mass is 9.98. The number of aliphatic hydroxyl groups excluding tert-OH is 1. The average Bonchev–Trinajstić information content (AvgIpc) is 3.63. The second-order valence-electron chi connectivity index (χ2n) is 8.81. The molecule has 1 amide bonds. The monoisotopic (exact) mass is 480 g/mol. The van der Waals surface area contributed by atoms with Crippen LogP contribution in [0.1, 0.15) is 31.4 Å². The average molecular weight is 481 g/mol. The minimum atomic E-state index is 0.0943. The van der Waals surface area contributed by atoms with E-state index < -0.39 is 0 Å². The first-order valence-electron chi connectivity index (χ1n) is 11.6. The van der Waals surface area contributed by atoms with Crippen molar-refractivity contribution in [2.45, 2.75) is 42.7 Å². The van der Waals surface area contributed by atoms with Crippen molar-refractivity contribution in [2.75, 3.05) is 35.2 Å². The summed E-state index contributed by atoms with van der Waals surface area (Å²) in [5.74, 6) is 2.27. The zero-order valence-corrected chi connectivity index (χ0v) is 19.8. The fraction of sp³-hybridized carbons (Fsp3) is 0.435. The maximum Gasteiger partial charge on any atom is 0.234 e. The van der Waals surface area contributed by atoms with E-state index in [1.165, 1.54) is 11.8 Å². The van der Waals surface area contributed by atoms with Gasteiger partial charge in [0.1, 0.15) is 0 Å². The predicted molar refractivity (Wildman–Crippen MR) is 130 cm³/mol. The molecule has 3 heterocycles. The Labute approximate surface area is 202 Å². The van der Waals surface area contributed by atoms with Gasteiger partial charge in [0.05, 0.1) is 0 Å². The van der Waals surface area contributed by atoms with Gasteiger partial charge in [-0.2, -0.15) is 20.1 Å². The normalized spacial score (nSPS) is 16.5. The van der Waals surface area contributed by atoms with E-state index in [1.807, 2.05) is 37.3 Å². The second kappa shape index (κ2) is 9.98. The van der Waals surface area contributed by atoms with Crippen molar-refractivity contribution < 1.29 is 9.90 Å². The number of aromatic amines is 1. The summed E-state index contributed by atoms with van der Waals surface area (Å²) in [4.78, 5) is 29.0. The first-order chi connectivity index (χ1) is 16.6. The summed E-state index contributed by atoms with van der Waals surface area (Å²) >= 11 is 1.44. The van der Waals surface area contributed by atoms with Crippen molar-refractivity contribution >= 4 is 41.1 Å². The molecule has 4 N–H and O–H groups in total. The molecule has 3 aromatic rings. The van der Waals surface area contributed by atoms with Gasteiger partial charge in [-0.25, -0.2) is 0 Å². The number of carbonyl (C=O) groups excluding carboxylic acids is 1. The molecule has 1 aromatic carbocycles. The number of piperidine rings is 1. The van der Waals surface area contributed by atoms with Crippen molar-refractivity contribution in [1.29, 1.82) is 0 Å². The Kier molecular flexibility index (Phi) is 6.63. The molecule has 5 rings (SSSR count). The Morgan fingerprint density at radius 1 is 1.15 bits per heavy atom. The molecular formula is C23H28N8O2S. The molecule has 2 aromatic heterocycles. The van der Waals surface area contributed by atoms with Crippen LogP contribution in [-0.2, 0) is 4.79 Å². The standard InChI is InChI=1S/C23H28N8O2S/c1-14-12-19(30-29-14)25-21-26-22(31-10-8-15(13-32)9-11-31)28-23(27-21)34-18-6-4-17(5-7-18)24-20(33)16-2-3-16/h4-7,12,15-16,32H,2-3,8-11,13H2,1H3,(H,24,33)(H2,25,26,27,28,29,30). The van der Waals surface area contributed by atoms with Gasteiger partial charge in [-0.3, -0.25) is 9.89 Å². The van der Waals surface area contributed by atoms with Crippen LogP contribution in [-0.4, -0.2) is 55.9 Å². The number of hydrogen-bond acceptors (Lipinski definition) is 9. The number of rotatable bonds is 8. The molecule has 1 saturated carbocycles. The summed E-state index contributed by atoms with van der Waals surface area (Å²) in [5.41, 5.74) is 1.73. The molecular weight excluding hydrogens is 452 g/mol. The highest BCUT2D eigenvalue weighted by atomic mass is 32.2. The van der Waals surface area contributed by atoms with Gasteiger partial charge in [-0.05, 0) is 74.6 Å². The van der Waals surface area contributed by atoms with Gasteiger partial charge in [-0.15, -0.1) is 0 Å². The molecule has 0 radical (unpaired) electrons. The molecule has 178 valence electrons. The van der Waals surface area contributed by atoms with Crippen LogP contribution >= 0.6 is 11.8 Å². The molecule has 11 heteroatoms. The number of anilines is 4. The van der Waals surface area contributed by atoms with Crippen LogP contribution in [0.25, 0.3) is 0 Å². The van der Waals surface area contributed by atoms with Crippen molar-refractivity contribution in [3.05, 3.63) is 36.0 Å². The number of amides is 1. The van der Waals surface area contributed by atoms with Crippen LogP contribution in [0.2, 0.25) is 0 Å². The van der Waals surface area contributed by atoms with Gasteiger partial charge >= 0.3 is 0 Å². The van der Waals surface area contributed by atoms with E-state index in [4.69, 9.17) is 4.98 Å². The highest BCUT2D eigenvalue weighted by molar-refractivity contribution is 7.99. The van der Waals surface area contributed by atoms with Gasteiger partial charge in [0, 0.05) is 48.0 Å². The summed E-state index contributed by atoms with van der Waals surface area (Å²) < 4.78 is 0. The van der Waals surface area contributed by atoms with Crippen molar-refractivity contribution in [1.82, 2.24) is 25.1 Å². The number of carbonyl (C=O) groups is 1. The van der Waals surface area contributed by atoms with Gasteiger partial charge < -0.3 is 20.6 Å². The number of aryl methyl sites for hydroxylation is 1. The van der Waals surface area contributed by atoms with Crippen LogP contribution in [0.3, 0.4) is 0 Å². The Balaban J connectivity index is 1.34. The molecule has 0 atom stereocenters. The Hall–Kier alpha value is -3.18. The zero-order valence-electron chi connectivity index (χ0n) is 19.0. The molecule has 2 fully saturated rings. The van der Waals surface area contributed by atoms with Crippen LogP contribution in [0.5, 0.6) is 0 Å². The number of benzene rings is 1. The topological polar surface area (TPSA) is 132 Å². The summed E-state index contributed by atoms with van der Waals surface area (Å²) in [5, 5.41) is 23.3. The maximum atomic E-state index is 12.0. The summed E-state index contributed by atoms with van der Waals surface area (Å²) in [7, 11) is 0. The molecule has 1 saturated heterocycles. The minimum Gasteiger partial charge on any atom is -0.396 e. The van der Waals surface area contributed by atoms with E-state index in [9.17, 15) is 9.90 Å². The van der Waals surface area contributed by atoms with Gasteiger partial charge in [0.2, 0.25) is 17.8 Å². The van der Waals surface area contributed by atoms with E-state index in [-0.39, 0.29) is 18.4 Å². The molecule has 0 bridgehead atoms. The van der Waals surface area contributed by atoms with Crippen LogP contribution in [0.4, 0.5) is 23.4 Å². The van der Waals surface area contributed by atoms with Crippen molar-refractivity contribution in [3.8, 4) is 0 Å². The van der Waals surface area contributed by atoms with E-state index in [1.54, 1.807) is 0 Å². The third-order valence-electron chi connectivity index (χ3n) is 5.98. The fourth-order valence-electron chi connectivity index (χ4n) is 3.80. The van der Waals surface area contributed by atoms with Gasteiger partial charge in [0.15, 0.2) is 11.0 Å². The van der Waals surface area contributed by atoms with Crippen LogP contribution in [0.15, 0.2) is 40.4 Å². The first kappa shape index (κ1) is 22.6. The summed E-state index contributed by atoms with van der Waals surface area (Å²) in [6.07, 6.45) is 3.76. The maximum absolute atomic E-state index is 12.0. The smallest absolute Gasteiger partial charge is 0.234 e. The predicted octanol–water partition coefficient (Wildman–Crippen LogP) is 3.36. The van der Waals surface area contributed by atoms with E-state index in [2.05, 4.69) is 35.7 Å². The molecule has 0 unspecified atom stereocenters. The summed E-state index contributed by atoms with van der Waals surface area (Å²) in [6, 6.07) is 9.59. The van der Waals surface area contributed by atoms with Crippen molar-refractivity contribution in [2.24, 2.45) is 11.8 Å². The lowest BCUT2D eigenvalue weighted by Gasteiger charge is -2.31. The molecule has 1 aliphatic heterocycles. The third-order valence-corrected chi connectivity index (χ3v) is 6.86. The van der Waals surface area contributed by atoms with Gasteiger partial charge in [0.25, 0.3) is 0 Å². The fourth-order valence-corrected chi connectivity index (χ4v) is 4.54. The Morgan fingerprint density at radius 3 is 2.56 bits per heavy atom. The van der Waals surface area contributed by atoms with Crippen LogP contribution in [0, 0.1) is 18.8 Å². The number of nitrogens with one attached hydrogen (secondary N) is 3. The Morgan fingerprint density at radius 2 is 1.91 bits per heavy atom. The lowest BCUT2D eigenvalue weighted by Crippen LogP contribution is -2.36. The largest absolute Gasteiger partial charge is 0.396 e. The third kappa shape index (κ3) is 5.65. The molecule has 10 nitrogen and oxygen atoms in total. The van der Waals surface area contributed by atoms with E-state index >= 15 is 0 Å². The quantitative estimate of drug-likeness (QED) is 0.383. The Bertz CT molecular complexity index is 1140. The first-order valence-corrected chi connectivity index (χ1v) is 12.4. The second-order valence-corrected chi connectivity index (χ2v) is 9.85. The summed E-state index contributed by atoms with van der Waals surface area (Å²) in [6.45, 7) is 3.72. The lowest BCUT2D eigenvalue weighted by molar-refractivity contribution is -0.117. The minimum absolute atomic E-state index is 0.0943. The SMILES string of the molecule is Cc1cc(Nc2nc(Sc3ccc(NC(=O)C4CC4)cc3)nc(N3CCC(CO)CC3)n2)n[nH]1. The van der Waals surface area contributed by atoms with Crippen molar-refractivity contribution in [3.63, 3.8) is 0 Å². The zero-order chi connectivity index (χ0) is 23.5. The molecule has 1 aliphatic carbocycles. The van der Waals surface area contributed by atoms with E-state index in [0.717, 1.165) is 55.0 Å².